The number of rotatable bonds is 6. The maximum Gasteiger partial charge on any atom is 0.345 e. The second-order valence-electron chi connectivity index (χ2n) is 5.55. The normalized spacial score (nSPS) is 10.9. The first-order chi connectivity index (χ1) is 10.9. The number of carbonyl (C=O) groups excluding carboxylic acids is 1. The van der Waals surface area contributed by atoms with Gasteiger partial charge in [-0.1, -0.05) is 36.9 Å². The zero-order chi connectivity index (χ0) is 16.9. The molecule has 4 heteroatoms. The van der Waals surface area contributed by atoms with Crippen LogP contribution in [0.15, 0.2) is 55.1 Å². The van der Waals surface area contributed by atoms with E-state index in [1.165, 1.54) is 0 Å². The van der Waals surface area contributed by atoms with E-state index in [1.807, 2.05) is 50.2 Å². The van der Waals surface area contributed by atoms with Gasteiger partial charge in [0.1, 0.15) is 11.4 Å². The fourth-order valence-electron chi connectivity index (χ4n) is 2.07. The van der Waals surface area contributed by atoms with Crippen LogP contribution in [0.5, 0.6) is 5.75 Å². The molecular formula is C19H19IO3. The molecule has 23 heavy (non-hydrogen) atoms. The minimum atomic E-state index is -0.697. The molecule has 0 heterocycles. The molecule has 0 spiro atoms. The van der Waals surface area contributed by atoms with Crippen LogP contribution in [0.2, 0.25) is 0 Å². The first kappa shape index (κ1) is 17.5. The molecule has 0 aliphatic carbocycles. The lowest BCUT2D eigenvalue weighted by Gasteiger charge is -2.25. The van der Waals surface area contributed by atoms with Gasteiger partial charge in [0, 0.05) is 3.57 Å². The summed E-state index contributed by atoms with van der Waals surface area (Å²) in [6.45, 7) is 7.30. The van der Waals surface area contributed by atoms with Crippen LogP contribution in [0, 0.1) is 3.57 Å². The molecule has 0 saturated heterocycles. The van der Waals surface area contributed by atoms with Crippen LogP contribution in [-0.4, -0.2) is 12.6 Å². The summed E-state index contributed by atoms with van der Waals surface area (Å²) < 4.78 is 12.1. The van der Waals surface area contributed by atoms with E-state index in [1.54, 1.807) is 18.2 Å². The number of halogens is 1. The van der Waals surface area contributed by atoms with Crippen LogP contribution >= 0.6 is 22.6 Å². The summed E-state index contributed by atoms with van der Waals surface area (Å²) in [4.78, 5) is 12.0. The van der Waals surface area contributed by atoms with Crippen LogP contribution in [0.25, 0.3) is 6.08 Å². The summed E-state index contributed by atoms with van der Waals surface area (Å²) >= 11 is 2.24. The maximum absolute atomic E-state index is 12.0. The SMILES string of the molecule is C=Cc1ccc(OCC(=O)OC(C)(C)c2ccc(I)cc2)cc1. The van der Waals surface area contributed by atoms with Crippen molar-refractivity contribution in [3.05, 3.63) is 69.8 Å². The third-order valence-electron chi connectivity index (χ3n) is 3.38. The van der Waals surface area contributed by atoms with Crippen molar-refractivity contribution < 1.29 is 14.3 Å². The molecule has 3 nitrogen and oxygen atoms in total. The Balaban J connectivity index is 1.92. The monoisotopic (exact) mass is 422 g/mol. The van der Waals surface area contributed by atoms with Crippen molar-refractivity contribution in [1.82, 2.24) is 0 Å². The standard InChI is InChI=1S/C19H19IO3/c1-4-14-5-11-17(12-6-14)22-13-18(21)23-19(2,3)15-7-9-16(20)10-8-15/h4-12H,1,13H2,2-3H3. The van der Waals surface area contributed by atoms with E-state index in [0.29, 0.717) is 5.75 Å². The zero-order valence-corrected chi connectivity index (χ0v) is 15.4. The van der Waals surface area contributed by atoms with Gasteiger partial charge in [-0.2, -0.15) is 0 Å². The van der Waals surface area contributed by atoms with E-state index < -0.39 is 11.6 Å². The Labute approximate surface area is 150 Å². The van der Waals surface area contributed by atoms with Crippen LogP contribution in [0.4, 0.5) is 0 Å². The quantitative estimate of drug-likeness (QED) is 0.496. The first-order valence-corrected chi connectivity index (χ1v) is 8.32. The lowest BCUT2D eigenvalue weighted by atomic mass is 9.98. The third kappa shape index (κ3) is 5.10. The third-order valence-corrected chi connectivity index (χ3v) is 4.10. The molecule has 0 aliphatic rings. The maximum atomic E-state index is 12.0. The van der Waals surface area contributed by atoms with Crippen molar-refractivity contribution in [3.63, 3.8) is 0 Å². The fraction of sp³-hybridized carbons (Fsp3) is 0.211. The Morgan fingerprint density at radius 3 is 2.30 bits per heavy atom. The number of benzene rings is 2. The van der Waals surface area contributed by atoms with Gasteiger partial charge in [-0.05, 0) is 71.8 Å². The van der Waals surface area contributed by atoms with Gasteiger partial charge in [0.15, 0.2) is 6.61 Å². The van der Waals surface area contributed by atoms with Crippen molar-refractivity contribution >= 4 is 34.6 Å². The molecule has 2 aromatic rings. The van der Waals surface area contributed by atoms with E-state index in [-0.39, 0.29) is 6.61 Å². The zero-order valence-electron chi connectivity index (χ0n) is 13.2. The average Bonchev–Trinajstić information content (AvgIpc) is 2.53. The van der Waals surface area contributed by atoms with E-state index in [2.05, 4.69) is 29.2 Å². The highest BCUT2D eigenvalue weighted by molar-refractivity contribution is 14.1. The van der Waals surface area contributed by atoms with E-state index in [9.17, 15) is 4.79 Å². The predicted octanol–water partition coefficient (Wildman–Crippen LogP) is 4.79. The Morgan fingerprint density at radius 2 is 1.74 bits per heavy atom. The molecule has 0 amide bonds. The number of ether oxygens (including phenoxy) is 2. The highest BCUT2D eigenvalue weighted by Gasteiger charge is 2.25. The Kier molecular flexibility index (Phi) is 5.82. The van der Waals surface area contributed by atoms with Gasteiger partial charge in [-0.3, -0.25) is 0 Å². The van der Waals surface area contributed by atoms with Crippen LogP contribution < -0.4 is 4.74 Å². The number of esters is 1. The summed E-state index contributed by atoms with van der Waals surface area (Å²) in [5.74, 6) is 0.223. The van der Waals surface area contributed by atoms with Crippen molar-refractivity contribution in [2.45, 2.75) is 19.4 Å². The van der Waals surface area contributed by atoms with E-state index in [0.717, 1.165) is 14.7 Å². The average molecular weight is 422 g/mol. The Hall–Kier alpha value is -1.82. The lowest BCUT2D eigenvalue weighted by molar-refractivity contribution is -0.159. The number of hydrogen-bond acceptors (Lipinski definition) is 3. The Morgan fingerprint density at radius 1 is 1.13 bits per heavy atom. The smallest absolute Gasteiger partial charge is 0.345 e. The molecule has 0 radical (unpaired) electrons. The molecule has 120 valence electrons. The highest BCUT2D eigenvalue weighted by atomic mass is 127. The second kappa shape index (κ2) is 7.64. The van der Waals surface area contributed by atoms with Gasteiger partial charge >= 0.3 is 5.97 Å². The van der Waals surface area contributed by atoms with Crippen LogP contribution in [0.1, 0.15) is 25.0 Å². The molecule has 0 aliphatic heterocycles. The molecular weight excluding hydrogens is 403 g/mol. The molecule has 0 aromatic heterocycles. The van der Waals surface area contributed by atoms with Crippen LogP contribution in [0.3, 0.4) is 0 Å². The number of carbonyl (C=O) groups is 1. The largest absolute Gasteiger partial charge is 0.482 e. The van der Waals surface area contributed by atoms with Crippen molar-refractivity contribution in [2.75, 3.05) is 6.61 Å². The Bertz CT molecular complexity index is 673. The summed E-state index contributed by atoms with van der Waals surface area (Å²) in [6.07, 6.45) is 1.75. The molecule has 2 aromatic carbocycles. The minimum absolute atomic E-state index is 0.124. The molecule has 0 atom stereocenters. The van der Waals surface area contributed by atoms with Gasteiger partial charge in [-0.25, -0.2) is 4.79 Å². The van der Waals surface area contributed by atoms with Crippen molar-refractivity contribution in [2.24, 2.45) is 0 Å². The molecule has 0 bridgehead atoms. The number of hydrogen-bond donors (Lipinski definition) is 0. The van der Waals surface area contributed by atoms with Crippen LogP contribution in [-0.2, 0) is 15.1 Å². The summed E-state index contributed by atoms with van der Waals surface area (Å²) in [7, 11) is 0. The summed E-state index contributed by atoms with van der Waals surface area (Å²) in [5.41, 5.74) is 1.25. The predicted molar refractivity (Wildman–Crippen MR) is 100 cm³/mol. The molecule has 0 fully saturated rings. The van der Waals surface area contributed by atoms with Gasteiger partial charge < -0.3 is 9.47 Å². The molecule has 0 saturated carbocycles. The summed E-state index contributed by atoms with van der Waals surface area (Å²) in [6, 6.07) is 15.3. The minimum Gasteiger partial charge on any atom is -0.482 e. The lowest BCUT2D eigenvalue weighted by Crippen LogP contribution is -2.28. The van der Waals surface area contributed by atoms with Gasteiger partial charge in [0.05, 0.1) is 0 Å². The fourth-order valence-corrected chi connectivity index (χ4v) is 2.43. The van der Waals surface area contributed by atoms with Gasteiger partial charge in [0.2, 0.25) is 0 Å². The van der Waals surface area contributed by atoms with Gasteiger partial charge in [0.25, 0.3) is 0 Å². The molecule has 0 unspecified atom stereocenters. The molecule has 2 rings (SSSR count). The van der Waals surface area contributed by atoms with Gasteiger partial charge in [-0.15, -0.1) is 0 Å². The topological polar surface area (TPSA) is 35.5 Å². The first-order valence-electron chi connectivity index (χ1n) is 7.24. The van der Waals surface area contributed by atoms with E-state index >= 15 is 0 Å². The van der Waals surface area contributed by atoms with Crippen molar-refractivity contribution in [3.8, 4) is 5.75 Å². The van der Waals surface area contributed by atoms with Crippen molar-refractivity contribution in [1.29, 1.82) is 0 Å². The highest BCUT2D eigenvalue weighted by Crippen LogP contribution is 2.25. The van der Waals surface area contributed by atoms with E-state index in [4.69, 9.17) is 9.47 Å². The second-order valence-corrected chi connectivity index (χ2v) is 6.80. The summed E-state index contributed by atoms with van der Waals surface area (Å²) in [5, 5.41) is 0. The molecule has 0 N–H and O–H groups in total.